The van der Waals surface area contributed by atoms with E-state index in [2.05, 4.69) is 20.3 Å². The first-order valence-corrected chi connectivity index (χ1v) is 10.0. The van der Waals surface area contributed by atoms with E-state index in [0.717, 1.165) is 17.4 Å². The molecule has 1 saturated heterocycles. The van der Waals surface area contributed by atoms with Gasteiger partial charge < -0.3 is 9.15 Å². The van der Waals surface area contributed by atoms with Crippen LogP contribution in [0.1, 0.15) is 36.0 Å². The Hall–Kier alpha value is -3.47. The van der Waals surface area contributed by atoms with Crippen LogP contribution in [-0.4, -0.2) is 38.0 Å². The third-order valence-corrected chi connectivity index (χ3v) is 5.47. The van der Waals surface area contributed by atoms with Crippen molar-refractivity contribution in [3.8, 4) is 22.6 Å². The lowest BCUT2D eigenvalue weighted by molar-refractivity contribution is -0.140. The van der Waals surface area contributed by atoms with Gasteiger partial charge in [-0.3, -0.25) is 9.89 Å². The Bertz CT molecular complexity index is 1330. The first-order valence-electron chi connectivity index (χ1n) is 10.0. The zero-order chi connectivity index (χ0) is 22.5. The predicted molar refractivity (Wildman–Crippen MR) is 107 cm³/mol. The summed E-state index contributed by atoms with van der Waals surface area (Å²) in [5, 5.41) is 10.2. The average molecular weight is 445 g/mol. The molecule has 0 radical (unpaired) electrons. The van der Waals surface area contributed by atoms with Crippen molar-refractivity contribution >= 4 is 5.65 Å². The number of ether oxygens (including phenoxy) is 1. The van der Waals surface area contributed by atoms with E-state index >= 15 is 0 Å². The van der Waals surface area contributed by atoms with E-state index in [1.807, 2.05) is 0 Å². The van der Waals surface area contributed by atoms with Gasteiger partial charge in [0, 0.05) is 6.61 Å². The molecule has 4 heterocycles. The number of alkyl halides is 3. The van der Waals surface area contributed by atoms with Crippen LogP contribution in [0.2, 0.25) is 0 Å². The second-order valence-corrected chi connectivity index (χ2v) is 7.62. The van der Waals surface area contributed by atoms with E-state index < -0.39 is 17.4 Å². The van der Waals surface area contributed by atoms with Crippen molar-refractivity contribution in [1.82, 2.24) is 24.8 Å². The number of nitrogens with zero attached hydrogens (tertiary/aromatic N) is 4. The molecule has 1 aliphatic rings. The van der Waals surface area contributed by atoms with Crippen molar-refractivity contribution < 1.29 is 22.3 Å². The van der Waals surface area contributed by atoms with Crippen LogP contribution in [-0.2, 0) is 10.9 Å². The van der Waals surface area contributed by atoms with Crippen molar-refractivity contribution in [1.29, 1.82) is 0 Å². The summed E-state index contributed by atoms with van der Waals surface area (Å²) in [7, 11) is 0. The summed E-state index contributed by atoms with van der Waals surface area (Å²) in [6, 6.07) is 7.99. The van der Waals surface area contributed by atoms with Crippen molar-refractivity contribution in [2.75, 3.05) is 13.2 Å². The Labute approximate surface area is 179 Å². The molecule has 32 heavy (non-hydrogen) atoms. The maximum Gasteiger partial charge on any atom is 0.433 e. The van der Waals surface area contributed by atoms with Crippen LogP contribution in [0.3, 0.4) is 0 Å². The molecule has 0 aliphatic carbocycles. The van der Waals surface area contributed by atoms with Crippen LogP contribution in [0.4, 0.5) is 13.2 Å². The second-order valence-electron chi connectivity index (χ2n) is 7.62. The van der Waals surface area contributed by atoms with Gasteiger partial charge in [0.15, 0.2) is 5.65 Å². The average Bonchev–Trinajstić information content (AvgIpc) is 3.40. The number of H-pyrrole nitrogens is 1. The molecule has 5 rings (SSSR count). The number of fused-ring (bicyclic) bond motifs is 1. The van der Waals surface area contributed by atoms with E-state index in [0.29, 0.717) is 19.1 Å². The normalized spacial score (nSPS) is 17.2. The number of rotatable bonds is 3. The molecule has 4 aromatic rings. The molecule has 0 amide bonds. The third kappa shape index (κ3) is 3.38. The molecule has 3 aromatic heterocycles. The number of nitrogens with one attached hydrogen (secondary N) is 1. The fourth-order valence-corrected chi connectivity index (χ4v) is 3.94. The number of aryl methyl sites for hydroxylation is 1. The van der Waals surface area contributed by atoms with Crippen LogP contribution in [0, 0.1) is 6.92 Å². The van der Waals surface area contributed by atoms with Crippen molar-refractivity contribution in [2.45, 2.75) is 31.9 Å². The lowest BCUT2D eigenvalue weighted by atomic mass is 10.0. The number of aromatic nitrogens is 5. The second kappa shape index (κ2) is 7.59. The molecule has 0 spiro atoms. The van der Waals surface area contributed by atoms with Gasteiger partial charge in [0.05, 0.1) is 23.8 Å². The fourth-order valence-electron chi connectivity index (χ4n) is 3.94. The van der Waals surface area contributed by atoms with E-state index in [1.54, 1.807) is 18.2 Å². The van der Waals surface area contributed by atoms with Gasteiger partial charge in [0.25, 0.3) is 11.4 Å². The first kappa shape index (κ1) is 20.4. The fraction of sp³-hybridized carbons (Fsp3) is 0.333. The smallest absolute Gasteiger partial charge is 0.420 e. The molecule has 1 aromatic carbocycles. The molecule has 1 atom stereocenters. The van der Waals surface area contributed by atoms with Gasteiger partial charge in [-0.1, -0.05) is 30.3 Å². The number of hydrogen-bond acceptors (Lipinski definition) is 6. The highest BCUT2D eigenvalue weighted by Gasteiger charge is 2.38. The van der Waals surface area contributed by atoms with Gasteiger partial charge in [0.2, 0.25) is 5.89 Å². The highest BCUT2D eigenvalue weighted by molar-refractivity contribution is 5.81. The SMILES string of the molecule is Cc1nc2c(-c3ccccc3)c(C(F)(F)F)[nH]n2c(=O)c1-c1nnc([C@@H]2CCCOC2)o1. The summed E-state index contributed by atoms with van der Waals surface area (Å²) in [6.45, 7) is 2.62. The first-order chi connectivity index (χ1) is 15.3. The van der Waals surface area contributed by atoms with Crippen molar-refractivity contribution in [2.24, 2.45) is 0 Å². The molecule has 0 unspecified atom stereocenters. The van der Waals surface area contributed by atoms with Gasteiger partial charge in [0.1, 0.15) is 11.3 Å². The molecular formula is C21H18F3N5O3. The molecular weight excluding hydrogens is 427 g/mol. The third-order valence-electron chi connectivity index (χ3n) is 5.47. The number of halogens is 3. The van der Waals surface area contributed by atoms with Gasteiger partial charge in [-0.05, 0) is 25.3 Å². The maximum atomic E-state index is 13.8. The maximum absolute atomic E-state index is 13.8. The van der Waals surface area contributed by atoms with Gasteiger partial charge >= 0.3 is 6.18 Å². The van der Waals surface area contributed by atoms with Crippen LogP contribution >= 0.6 is 0 Å². The Morgan fingerprint density at radius 1 is 1.16 bits per heavy atom. The molecule has 1 fully saturated rings. The molecule has 0 saturated carbocycles. The predicted octanol–water partition coefficient (Wildman–Crippen LogP) is 3.96. The largest absolute Gasteiger partial charge is 0.433 e. The van der Waals surface area contributed by atoms with Gasteiger partial charge in [-0.2, -0.15) is 17.7 Å². The van der Waals surface area contributed by atoms with Crippen LogP contribution in [0.15, 0.2) is 39.5 Å². The van der Waals surface area contributed by atoms with Gasteiger partial charge in [-0.25, -0.2) is 4.98 Å². The van der Waals surface area contributed by atoms with Gasteiger partial charge in [-0.15, -0.1) is 10.2 Å². The summed E-state index contributed by atoms with van der Waals surface area (Å²) >= 11 is 0. The summed E-state index contributed by atoms with van der Waals surface area (Å²) in [5.41, 5.74) is -1.71. The van der Waals surface area contributed by atoms with E-state index in [-0.39, 0.29) is 39.8 Å². The number of aromatic amines is 1. The highest BCUT2D eigenvalue weighted by Crippen LogP contribution is 2.38. The topological polar surface area (TPSA) is 98.3 Å². The molecule has 8 nitrogen and oxygen atoms in total. The standard InChI is InChI=1S/C21H18F3N5O3/c1-11-14(19-27-26-18(32-19)13-8-5-9-31-10-13)20(30)29-17(25-11)15(12-6-3-2-4-7-12)16(28-29)21(22,23)24/h2-4,6-7,13,28H,5,8-10H2,1H3/t13-/m1/s1. The molecule has 11 heteroatoms. The van der Waals surface area contributed by atoms with E-state index in [9.17, 15) is 18.0 Å². The molecule has 1 aliphatic heterocycles. The minimum Gasteiger partial charge on any atom is -0.420 e. The zero-order valence-electron chi connectivity index (χ0n) is 16.9. The lowest BCUT2D eigenvalue weighted by Crippen LogP contribution is -2.20. The summed E-state index contributed by atoms with van der Waals surface area (Å²) in [4.78, 5) is 17.6. The number of hydrogen-bond donors (Lipinski definition) is 1. The quantitative estimate of drug-likeness (QED) is 0.513. The summed E-state index contributed by atoms with van der Waals surface area (Å²) < 4.78 is 53.4. The molecule has 166 valence electrons. The Kier molecular flexibility index (Phi) is 4.85. The van der Waals surface area contributed by atoms with Crippen LogP contribution in [0.25, 0.3) is 28.2 Å². The monoisotopic (exact) mass is 445 g/mol. The molecule has 1 N–H and O–H groups in total. The Morgan fingerprint density at radius 3 is 2.62 bits per heavy atom. The van der Waals surface area contributed by atoms with Crippen molar-refractivity contribution in [3.63, 3.8) is 0 Å². The summed E-state index contributed by atoms with van der Waals surface area (Å²) in [5.74, 6) is 0.159. The minimum atomic E-state index is -4.72. The zero-order valence-corrected chi connectivity index (χ0v) is 16.9. The van der Waals surface area contributed by atoms with Crippen LogP contribution in [0.5, 0.6) is 0 Å². The highest BCUT2D eigenvalue weighted by atomic mass is 19.4. The molecule has 0 bridgehead atoms. The Morgan fingerprint density at radius 2 is 1.94 bits per heavy atom. The van der Waals surface area contributed by atoms with Crippen molar-refractivity contribution in [3.05, 3.63) is 58.0 Å². The van der Waals surface area contributed by atoms with E-state index in [1.165, 1.54) is 19.1 Å². The lowest BCUT2D eigenvalue weighted by Gasteiger charge is -2.18. The Balaban J connectivity index is 1.69. The minimum absolute atomic E-state index is 0.0486. The summed E-state index contributed by atoms with van der Waals surface area (Å²) in [6.07, 6.45) is -3.07. The van der Waals surface area contributed by atoms with E-state index in [4.69, 9.17) is 9.15 Å². The number of benzene rings is 1. The van der Waals surface area contributed by atoms with Crippen LogP contribution < -0.4 is 5.56 Å².